The van der Waals surface area contributed by atoms with Gasteiger partial charge in [0.15, 0.2) is 5.96 Å². The first-order valence-electron chi connectivity index (χ1n) is 6.15. The predicted molar refractivity (Wildman–Crippen MR) is 74.4 cm³/mol. The lowest BCUT2D eigenvalue weighted by Gasteiger charge is -2.13. The number of nitrogens with zero attached hydrogens (tertiary/aromatic N) is 1. The SMILES string of the molecule is CCOc1cc(Cl)ccc1CNC1=NCC(C)N1. The first-order valence-corrected chi connectivity index (χ1v) is 6.53. The molecule has 0 saturated carbocycles. The smallest absolute Gasteiger partial charge is 0.191 e. The predicted octanol–water partition coefficient (Wildman–Crippen LogP) is 2.18. The van der Waals surface area contributed by atoms with Crippen molar-refractivity contribution >= 4 is 17.6 Å². The van der Waals surface area contributed by atoms with Gasteiger partial charge in [0, 0.05) is 23.2 Å². The standard InChI is InChI=1S/C13H18ClN3O/c1-3-18-12-6-11(14)5-4-10(12)8-16-13-15-7-9(2)17-13/h4-6,9H,3,7-8H2,1-2H3,(H2,15,16,17). The van der Waals surface area contributed by atoms with Gasteiger partial charge in [-0.2, -0.15) is 0 Å². The van der Waals surface area contributed by atoms with Gasteiger partial charge >= 0.3 is 0 Å². The first-order chi connectivity index (χ1) is 8.69. The average Bonchev–Trinajstić information content (AvgIpc) is 2.75. The number of aliphatic imine (C=N–C) groups is 1. The molecule has 0 bridgehead atoms. The van der Waals surface area contributed by atoms with Crippen LogP contribution in [0, 0.1) is 0 Å². The Hall–Kier alpha value is -1.42. The summed E-state index contributed by atoms with van der Waals surface area (Å²) in [5, 5.41) is 7.21. The van der Waals surface area contributed by atoms with E-state index in [0.717, 1.165) is 23.8 Å². The van der Waals surface area contributed by atoms with Crippen molar-refractivity contribution in [3.8, 4) is 5.75 Å². The van der Waals surface area contributed by atoms with E-state index in [9.17, 15) is 0 Å². The summed E-state index contributed by atoms with van der Waals surface area (Å²) in [6.45, 7) is 6.18. The lowest BCUT2D eigenvalue weighted by molar-refractivity contribution is 0.336. The summed E-state index contributed by atoms with van der Waals surface area (Å²) in [4.78, 5) is 4.35. The number of ether oxygens (including phenoxy) is 1. The summed E-state index contributed by atoms with van der Waals surface area (Å²) in [6, 6.07) is 6.09. The van der Waals surface area contributed by atoms with Crippen LogP contribution in [0.3, 0.4) is 0 Å². The molecule has 0 fully saturated rings. The van der Waals surface area contributed by atoms with Crippen molar-refractivity contribution in [2.75, 3.05) is 13.2 Å². The Labute approximate surface area is 112 Å². The zero-order chi connectivity index (χ0) is 13.0. The van der Waals surface area contributed by atoms with Gasteiger partial charge in [0.25, 0.3) is 0 Å². The molecule has 98 valence electrons. The molecule has 1 aromatic carbocycles. The van der Waals surface area contributed by atoms with Crippen LogP contribution in [0.1, 0.15) is 19.4 Å². The molecule has 1 aliphatic rings. The van der Waals surface area contributed by atoms with Gasteiger partial charge in [0.05, 0.1) is 13.2 Å². The highest BCUT2D eigenvalue weighted by molar-refractivity contribution is 6.30. The van der Waals surface area contributed by atoms with Gasteiger partial charge in [-0.25, -0.2) is 0 Å². The average molecular weight is 268 g/mol. The summed E-state index contributed by atoms with van der Waals surface area (Å²) < 4.78 is 5.57. The van der Waals surface area contributed by atoms with Crippen molar-refractivity contribution < 1.29 is 4.74 Å². The molecule has 1 atom stereocenters. The molecule has 0 aliphatic carbocycles. The Kier molecular flexibility index (Phi) is 4.31. The van der Waals surface area contributed by atoms with E-state index in [4.69, 9.17) is 16.3 Å². The molecule has 1 aliphatic heterocycles. The fraction of sp³-hybridized carbons (Fsp3) is 0.462. The molecule has 1 unspecified atom stereocenters. The molecule has 2 N–H and O–H groups in total. The third-order valence-electron chi connectivity index (χ3n) is 2.68. The summed E-state index contributed by atoms with van der Waals surface area (Å²) in [6.07, 6.45) is 0. The Morgan fingerprint density at radius 3 is 3.06 bits per heavy atom. The largest absolute Gasteiger partial charge is 0.493 e. The number of hydrogen-bond acceptors (Lipinski definition) is 4. The number of benzene rings is 1. The Balaban J connectivity index is 2.00. The molecule has 4 nitrogen and oxygen atoms in total. The van der Waals surface area contributed by atoms with Crippen molar-refractivity contribution in [3.05, 3.63) is 28.8 Å². The maximum Gasteiger partial charge on any atom is 0.191 e. The minimum atomic E-state index is 0.407. The zero-order valence-electron chi connectivity index (χ0n) is 10.7. The number of halogens is 1. The lowest BCUT2D eigenvalue weighted by atomic mass is 10.2. The Morgan fingerprint density at radius 1 is 1.56 bits per heavy atom. The second-order valence-corrected chi connectivity index (χ2v) is 4.71. The van der Waals surface area contributed by atoms with Gasteiger partial charge in [-0.05, 0) is 26.0 Å². The molecule has 0 aromatic heterocycles. The fourth-order valence-corrected chi connectivity index (χ4v) is 1.97. The quantitative estimate of drug-likeness (QED) is 0.879. The van der Waals surface area contributed by atoms with E-state index in [2.05, 4.69) is 22.5 Å². The summed E-state index contributed by atoms with van der Waals surface area (Å²) >= 11 is 5.96. The lowest BCUT2D eigenvalue weighted by Crippen LogP contribution is -2.37. The topological polar surface area (TPSA) is 45.6 Å². The van der Waals surface area contributed by atoms with Crippen molar-refractivity contribution in [2.45, 2.75) is 26.4 Å². The Morgan fingerprint density at radius 2 is 2.39 bits per heavy atom. The maximum absolute atomic E-state index is 5.96. The van der Waals surface area contributed by atoms with Crippen LogP contribution >= 0.6 is 11.6 Å². The van der Waals surface area contributed by atoms with E-state index in [1.807, 2.05) is 25.1 Å². The third kappa shape index (κ3) is 3.29. The molecule has 0 radical (unpaired) electrons. The molecule has 1 heterocycles. The van der Waals surface area contributed by atoms with Crippen molar-refractivity contribution in [1.29, 1.82) is 0 Å². The number of rotatable bonds is 4. The minimum absolute atomic E-state index is 0.407. The van der Waals surface area contributed by atoms with Gasteiger partial charge in [-0.3, -0.25) is 4.99 Å². The van der Waals surface area contributed by atoms with Crippen LogP contribution in [0.4, 0.5) is 0 Å². The third-order valence-corrected chi connectivity index (χ3v) is 2.92. The van der Waals surface area contributed by atoms with Crippen LogP contribution in [-0.4, -0.2) is 25.2 Å². The van der Waals surface area contributed by atoms with Crippen LogP contribution in [-0.2, 0) is 6.54 Å². The first kappa shape index (κ1) is 13.0. The Bertz CT molecular complexity index is 448. The van der Waals surface area contributed by atoms with Gasteiger partial charge in [0.2, 0.25) is 0 Å². The van der Waals surface area contributed by atoms with E-state index in [1.54, 1.807) is 0 Å². The van der Waals surface area contributed by atoms with E-state index in [1.165, 1.54) is 0 Å². The van der Waals surface area contributed by atoms with Crippen LogP contribution < -0.4 is 15.4 Å². The highest BCUT2D eigenvalue weighted by Gasteiger charge is 2.12. The number of hydrogen-bond donors (Lipinski definition) is 2. The zero-order valence-corrected chi connectivity index (χ0v) is 11.4. The second-order valence-electron chi connectivity index (χ2n) is 4.27. The van der Waals surface area contributed by atoms with Crippen molar-refractivity contribution in [3.63, 3.8) is 0 Å². The minimum Gasteiger partial charge on any atom is -0.493 e. The van der Waals surface area contributed by atoms with E-state index < -0.39 is 0 Å². The van der Waals surface area contributed by atoms with Crippen LogP contribution in [0.2, 0.25) is 5.02 Å². The molecule has 0 saturated heterocycles. The molecule has 2 rings (SSSR count). The van der Waals surface area contributed by atoms with Crippen LogP contribution in [0.25, 0.3) is 0 Å². The second kappa shape index (κ2) is 5.96. The van der Waals surface area contributed by atoms with Gasteiger partial charge in [0.1, 0.15) is 5.75 Å². The molecule has 0 amide bonds. The monoisotopic (exact) mass is 267 g/mol. The number of guanidine groups is 1. The van der Waals surface area contributed by atoms with E-state index in [0.29, 0.717) is 24.2 Å². The molecular weight excluding hydrogens is 250 g/mol. The van der Waals surface area contributed by atoms with E-state index in [-0.39, 0.29) is 0 Å². The van der Waals surface area contributed by atoms with Gasteiger partial charge in [-0.1, -0.05) is 17.7 Å². The number of nitrogens with one attached hydrogen (secondary N) is 2. The fourth-order valence-electron chi connectivity index (χ4n) is 1.80. The summed E-state index contributed by atoms with van der Waals surface area (Å²) in [5.74, 6) is 1.67. The van der Waals surface area contributed by atoms with Crippen molar-refractivity contribution in [1.82, 2.24) is 10.6 Å². The normalized spacial score (nSPS) is 18.2. The van der Waals surface area contributed by atoms with Gasteiger partial charge < -0.3 is 15.4 Å². The molecule has 18 heavy (non-hydrogen) atoms. The van der Waals surface area contributed by atoms with Crippen LogP contribution in [0.5, 0.6) is 5.75 Å². The molecule has 5 heteroatoms. The highest BCUT2D eigenvalue weighted by Crippen LogP contribution is 2.23. The molecule has 1 aromatic rings. The van der Waals surface area contributed by atoms with Gasteiger partial charge in [-0.15, -0.1) is 0 Å². The molecule has 0 spiro atoms. The maximum atomic E-state index is 5.96. The molecular formula is C13H18ClN3O. The van der Waals surface area contributed by atoms with E-state index >= 15 is 0 Å². The summed E-state index contributed by atoms with van der Waals surface area (Å²) in [7, 11) is 0. The summed E-state index contributed by atoms with van der Waals surface area (Å²) in [5.41, 5.74) is 1.07. The van der Waals surface area contributed by atoms with Crippen molar-refractivity contribution in [2.24, 2.45) is 4.99 Å². The highest BCUT2D eigenvalue weighted by atomic mass is 35.5. The van der Waals surface area contributed by atoms with Crippen LogP contribution in [0.15, 0.2) is 23.2 Å².